The summed E-state index contributed by atoms with van der Waals surface area (Å²) in [6, 6.07) is 0. The van der Waals surface area contributed by atoms with Crippen LogP contribution in [0.1, 0.15) is 271 Å². The first-order valence-corrected chi connectivity index (χ1v) is 26.6. The molecule has 0 N–H and O–H groups in total. The third kappa shape index (κ3) is 48.4. The molecule has 62 heavy (non-hydrogen) atoms. The van der Waals surface area contributed by atoms with E-state index in [2.05, 4.69) is 69.4 Å². The molecule has 0 rings (SSSR count). The number of allylic oxidation sites excluding steroid dienone is 8. The molecule has 1 unspecified atom stereocenters. The minimum absolute atomic E-state index is 0.0852. The van der Waals surface area contributed by atoms with Crippen LogP contribution in [0.15, 0.2) is 48.6 Å². The Morgan fingerprint density at radius 2 is 0.629 bits per heavy atom. The average molecular weight is 869 g/mol. The van der Waals surface area contributed by atoms with Crippen LogP contribution in [-0.2, 0) is 28.6 Å². The number of rotatable bonds is 48. The molecule has 0 fully saturated rings. The zero-order chi connectivity index (χ0) is 45.1. The zero-order valence-corrected chi connectivity index (χ0v) is 41.1. The van der Waals surface area contributed by atoms with E-state index in [9.17, 15) is 14.4 Å². The summed E-state index contributed by atoms with van der Waals surface area (Å²) in [5.41, 5.74) is 0. The molecule has 0 aliphatic heterocycles. The standard InChI is InChI=1S/C56H100O6/c1-4-7-10-13-16-19-22-25-26-27-28-29-30-32-34-37-40-43-46-49-55(58)61-52-53(51-60-54(57)48-45-42-39-36-33-24-21-18-15-12-9-6-3)62-56(59)50-47-44-41-38-35-31-23-20-17-14-11-8-5-2/h9,12,18,21,27-28,33,36,53H,4-8,10-11,13-17,19-20,22-26,29-32,34-35,37-52H2,1-3H3/b12-9-,21-18-,28-27-,36-33-. The van der Waals surface area contributed by atoms with Crippen LogP contribution in [0.5, 0.6) is 0 Å². The Bertz CT molecular complexity index is 1090. The van der Waals surface area contributed by atoms with Gasteiger partial charge in [0.2, 0.25) is 0 Å². The van der Waals surface area contributed by atoms with Gasteiger partial charge in [0.15, 0.2) is 6.10 Å². The van der Waals surface area contributed by atoms with Crippen molar-refractivity contribution in [2.45, 2.75) is 277 Å². The van der Waals surface area contributed by atoms with E-state index in [4.69, 9.17) is 14.2 Å². The van der Waals surface area contributed by atoms with E-state index in [-0.39, 0.29) is 31.1 Å². The smallest absolute Gasteiger partial charge is 0.306 e. The van der Waals surface area contributed by atoms with Gasteiger partial charge in [-0.15, -0.1) is 0 Å². The summed E-state index contributed by atoms with van der Waals surface area (Å²) < 4.78 is 16.8. The van der Waals surface area contributed by atoms with Crippen molar-refractivity contribution in [3.63, 3.8) is 0 Å². The summed E-state index contributed by atoms with van der Waals surface area (Å²) in [7, 11) is 0. The highest BCUT2D eigenvalue weighted by atomic mass is 16.6. The SMILES string of the molecule is CC/C=C\C/C=C\C/C=C\CCCCC(=O)OCC(COC(=O)CCCCCCCCC/C=C\CCCCCCCCCC)OC(=O)CCCCCCCCCCCCCCC. The topological polar surface area (TPSA) is 78.9 Å². The number of hydrogen-bond acceptors (Lipinski definition) is 6. The van der Waals surface area contributed by atoms with Crippen molar-refractivity contribution >= 4 is 17.9 Å². The average Bonchev–Trinajstić information content (AvgIpc) is 3.27. The summed E-state index contributed by atoms with van der Waals surface area (Å²) in [6.45, 7) is 6.50. The molecular weight excluding hydrogens is 769 g/mol. The minimum atomic E-state index is -0.786. The number of ether oxygens (including phenoxy) is 3. The Morgan fingerprint density at radius 1 is 0.339 bits per heavy atom. The van der Waals surface area contributed by atoms with Gasteiger partial charge >= 0.3 is 17.9 Å². The molecule has 0 spiro atoms. The van der Waals surface area contributed by atoms with Crippen LogP contribution < -0.4 is 0 Å². The fourth-order valence-electron chi connectivity index (χ4n) is 7.57. The lowest BCUT2D eigenvalue weighted by Crippen LogP contribution is -2.30. The third-order valence-corrected chi connectivity index (χ3v) is 11.6. The molecule has 0 radical (unpaired) electrons. The van der Waals surface area contributed by atoms with Crippen LogP contribution in [0.25, 0.3) is 0 Å². The van der Waals surface area contributed by atoms with Gasteiger partial charge in [-0.2, -0.15) is 0 Å². The third-order valence-electron chi connectivity index (χ3n) is 11.6. The van der Waals surface area contributed by atoms with Gasteiger partial charge in [0.05, 0.1) is 0 Å². The Kier molecular flexibility index (Phi) is 48.8. The molecule has 0 aliphatic carbocycles. The Morgan fingerprint density at radius 3 is 1.03 bits per heavy atom. The molecule has 0 saturated heterocycles. The maximum atomic E-state index is 12.8. The molecule has 360 valence electrons. The number of carbonyl (C=O) groups excluding carboxylic acids is 3. The second-order valence-corrected chi connectivity index (χ2v) is 17.8. The monoisotopic (exact) mass is 869 g/mol. The molecule has 0 aliphatic rings. The maximum Gasteiger partial charge on any atom is 0.306 e. The van der Waals surface area contributed by atoms with Crippen molar-refractivity contribution < 1.29 is 28.6 Å². The molecule has 6 nitrogen and oxygen atoms in total. The molecule has 1 atom stereocenters. The first-order valence-electron chi connectivity index (χ1n) is 26.6. The summed E-state index contributed by atoms with van der Waals surface area (Å²) in [6.07, 6.45) is 61.0. The largest absolute Gasteiger partial charge is 0.462 e. The first-order chi connectivity index (χ1) is 30.5. The number of hydrogen-bond donors (Lipinski definition) is 0. The molecule has 0 bridgehead atoms. The molecule has 0 saturated carbocycles. The van der Waals surface area contributed by atoms with Gasteiger partial charge in [-0.25, -0.2) is 0 Å². The second kappa shape index (κ2) is 51.0. The van der Waals surface area contributed by atoms with Gasteiger partial charge in [-0.3, -0.25) is 14.4 Å². The molecule has 6 heteroatoms. The Labute approximate surface area is 384 Å². The lowest BCUT2D eigenvalue weighted by Gasteiger charge is -2.18. The van der Waals surface area contributed by atoms with E-state index >= 15 is 0 Å². The van der Waals surface area contributed by atoms with Gasteiger partial charge in [-0.05, 0) is 77.0 Å². The number of esters is 3. The molecule has 0 heterocycles. The molecular formula is C56H100O6. The van der Waals surface area contributed by atoms with Crippen LogP contribution in [-0.4, -0.2) is 37.2 Å². The summed E-state index contributed by atoms with van der Waals surface area (Å²) in [5.74, 6) is -0.921. The van der Waals surface area contributed by atoms with E-state index in [0.717, 1.165) is 77.0 Å². The summed E-state index contributed by atoms with van der Waals surface area (Å²) >= 11 is 0. The predicted octanol–water partition coefficient (Wildman–Crippen LogP) is 17.5. The lowest BCUT2D eigenvalue weighted by molar-refractivity contribution is -0.167. The normalized spacial score (nSPS) is 12.4. The molecule has 0 aromatic carbocycles. The zero-order valence-electron chi connectivity index (χ0n) is 41.1. The number of unbranched alkanes of at least 4 members (excludes halogenated alkanes) is 29. The maximum absolute atomic E-state index is 12.8. The van der Waals surface area contributed by atoms with Crippen LogP contribution in [0.4, 0.5) is 0 Å². The second-order valence-electron chi connectivity index (χ2n) is 17.8. The van der Waals surface area contributed by atoms with Crippen LogP contribution in [0.3, 0.4) is 0 Å². The summed E-state index contributed by atoms with van der Waals surface area (Å²) in [5, 5.41) is 0. The van der Waals surface area contributed by atoms with Crippen LogP contribution in [0, 0.1) is 0 Å². The van der Waals surface area contributed by atoms with Gasteiger partial charge in [-0.1, -0.05) is 223 Å². The highest BCUT2D eigenvalue weighted by Crippen LogP contribution is 2.15. The molecule has 0 amide bonds. The minimum Gasteiger partial charge on any atom is -0.462 e. The van der Waals surface area contributed by atoms with Gasteiger partial charge in [0.25, 0.3) is 0 Å². The van der Waals surface area contributed by atoms with Gasteiger partial charge in [0.1, 0.15) is 13.2 Å². The van der Waals surface area contributed by atoms with Crippen molar-refractivity contribution in [3.8, 4) is 0 Å². The highest BCUT2D eigenvalue weighted by molar-refractivity contribution is 5.71. The van der Waals surface area contributed by atoms with Crippen molar-refractivity contribution in [1.29, 1.82) is 0 Å². The van der Waals surface area contributed by atoms with Gasteiger partial charge < -0.3 is 14.2 Å². The summed E-state index contributed by atoms with van der Waals surface area (Å²) in [4.78, 5) is 37.9. The first kappa shape index (κ1) is 59.4. The number of carbonyl (C=O) groups is 3. The van der Waals surface area contributed by atoms with Crippen LogP contribution >= 0.6 is 0 Å². The van der Waals surface area contributed by atoms with E-state index in [1.807, 2.05) is 0 Å². The van der Waals surface area contributed by atoms with Crippen LogP contribution in [0.2, 0.25) is 0 Å². The fourth-order valence-corrected chi connectivity index (χ4v) is 7.57. The van der Waals surface area contributed by atoms with E-state index in [1.165, 1.54) is 154 Å². The predicted molar refractivity (Wildman–Crippen MR) is 265 cm³/mol. The lowest BCUT2D eigenvalue weighted by atomic mass is 10.0. The highest BCUT2D eigenvalue weighted by Gasteiger charge is 2.19. The molecule has 0 aromatic heterocycles. The van der Waals surface area contributed by atoms with E-state index in [1.54, 1.807) is 0 Å². The molecule has 0 aromatic rings. The van der Waals surface area contributed by atoms with E-state index in [0.29, 0.717) is 19.3 Å². The van der Waals surface area contributed by atoms with Crippen molar-refractivity contribution in [1.82, 2.24) is 0 Å². The van der Waals surface area contributed by atoms with Gasteiger partial charge in [0, 0.05) is 19.3 Å². The Hall–Kier alpha value is -2.63. The fraction of sp³-hybridized carbons (Fsp3) is 0.804. The van der Waals surface area contributed by atoms with Crippen molar-refractivity contribution in [2.75, 3.05) is 13.2 Å². The van der Waals surface area contributed by atoms with Crippen molar-refractivity contribution in [3.05, 3.63) is 48.6 Å². The Balaban J connectivity index is 4.35. The quantitative estimate of drug-likeness (QED) is 0.0262. The van der Waals surface area contributed by atoms with Crippen molar-refractivity contribution in [2.24, 2.45) is 0 Å². The van der Waals surface area contributed by atoms with E-state index < -0.39 is 6.10 Å².